The van der Waals surface area contributed by atoms with E-state index in [1.165, 1.54) is 12.1 Å². The summed E-state index contributed by atoms with van der Waals surface area (Å²) in [4.78, 5) is 12.3. The Morgan fingerprint density at radius 1 is 1.14 bits per heavy atom. The first-order valence-electron chi connectivity index (χ1n) is 6.62. The van der Waals surface area contributed by atoms with Crippen molar-refractivity contribution in [2.75, 3.05) is 11.9 Å². The van der Waals surface area contributed by atoms with Gasteiger partial charge in [-0.15, -0.1) is 0 Å². The lowest BCUT2D eigenvalue weighted by atomic mass is 10.1. The molecule has 5 heteroatoms. The van der Waals surface area contributed by atoms with Crippen molar-refractivity contribution >= 4 is 17.1 Å². The molecule has 0 saturated carbocycles. The molecule has 0 aromatic heterocycles. The van der Waals surface area contributed by atoms with E-state index in [0.29, 0.717) is 5.56 Å². The zero-order valence-corrected chi connectivity index (χ0v) is 12.3. The van der Waals surface area contributed by atoms with Gasteiger partial charge in [0.2, 0.25) is 0 Å². The van der Waals surface area contributed by atoms with Crippen molar-refractivity contribution in [1.29, 1.82) is 0 Å². The third-order valence-electron chi connectivity index (χ3n) is 3.40. The highest BCUT2D eigenvalue weighted by Gasteiger charge is 2.14. The van der Waals surface area contributed by atoms with Crippen LogP contribution in [-0.2, 0) is 6.61 Å². The second kappa shape index (κ2) is 5.93. The Labute approximate surface area is 123 Å². The molecular formula is C16H18N2O3. The molecule has 2 aromatic carbocycles. The number of nitro groups is 1. The Balaban J connectivity index is 2.47. The van der Waals surface area contributed by atoms with E-state index in [4.69, 9.17) is 0 Å². The number of hydrogen-bond donors (Lipinski definition) is 1. The molecular weight excluding hydrogens is 268 g/mol. The Bertz CT molecular complexity index is 663. The first kappa shape index (κ1) is 15.0. The zero-order chi connectivity index (χ0) is 15.6. The van der Waals surface area contributed by atoms with E-state index < -0.39 is 4.92 Å². The van der Waals surface area contributed by atoms with E-state index in [-0.39, 0.29) is 12.3 Å². The third-order valence-corrected chi connectivity index (χ3v) is 3.40. The smallest absolute Gasteiger partial charge is 0.269 e. The van der Waals surface area contributed by atoms with Crippen molar-refractivity contribution in [3.05, 3.63) is 63.2 Å². The van der Waals surface area contributed by atoms with Gasteiger partial charge in [0.05, 0.1) is 11.5 Å². The number of nitro benzene ring substituents is 1. The molecule has 0 atom stereocenters. The SMILES string of the molecule is Cc1cc(C)cc(N(C)c2ccc([N+](=O)[O-])cc2CO)c1. The summed E-state index contributed by atoms with van der Waals surface area (Å²) >= 11 is 0. The number of aliphatic hydroxyl groups excluding tert-OH is 1. The molecule has 0 radical (unpaired) electrons. The monoisotopic (exact) mass is 286 g/mol. The Kier molecular flexibility index (Phi) is 4.23. The number of aliphatic hydroxyl groups is 1. The van der Waals surface area contributed by atoms with Crippen LogP contribution in [0.15, 0.2) is 36.4 Å². The van der Waals surface area contributed by atoms with Crippen molar-refractivity contribution in [3.8, 4) is 0 Å². The van der Waals surface area contributed by atoms with Crippen LogP contribution < -0.4 is 4.90 Å². The van der Waals surface area contributed by atoms with Crippen LogP contribution in [0.4, 0.5) is 17.1 Å². The second-order valence-corrected chi connectivity index (χ2v) is 5.13. The van der Waals surface area contributed by atoms with Gasteiger partial charge in [-0.25, -0.2) is 0 Å². The van der Waals surface area contributed by atoms with Gasteiger partial charge in [0.25, 0.3) is 5.69 Å². The van der Waals surface area contributed by atoms with E-state index in [0.717, 1.165) is 22.5 Å². The standard InChI is InChI=1S/C16H18N2O3/c1-11-6-12(2)8-15(7-11)17(3)16-5-4-14(18(20)21)9-13(16)10-19/h4-9,19H,10H2,1-3H3. The van der Waals surface area contributed by atoms with Gasteiger partial charge in [-0.2, -0.15) is 0 Å². The molecule has 0 aliphatic carbocycles. The summed E-state index contributed by atoms with van der Waals surface area (Å²) in [5.41, 5.74) is 4.54. The van der Waals surface area contributed by atoms with Crippen LogP contribution in [0.5, 0.6) is 0 Å². The number of benzene rings is 2. The summed E-state index contributed by atoms with van der Waals surface area (Å²) < 4.78 is 0. The van der Waals surface area contributed by atoms with E-state index in [9.17, 15) is 15.2 Å². The summed E-state index contributed by atoms with van der Waals surface area (Å²) in [6, 6.07) is 10.7. The molecule has 0 spiro atoms. The Morgan fingerprint density at radius 3 is 2.29 bits per heavy atom. The summed E-state index contributed by atoms with van der Waals surface area (Å²) in [6.45, 7) is 3.80. The fourth-order valence-corrected chi connectivity index (χ4v) is 2.42. The van der Waals surface area contributed by atoms with Gasteiger partial charge < -0.3 is 10.0 Å². The predicted molar refractivity (Wildman–Crippen MR) is 83.0 cm³/mol. The summed E-state index contributed by atoms with van der Waals surface area (Å²) in [7, 11) is 1.88. The van der Waals surface area contributed by atoms with Gasteiger partial charge in [0.15, 0.2) is 0 Å². The molecule has 0 amide bonds. The number of aryl methyl sites for hydroxylation is 2. The number of nitrogens with zero attached hydrogens (tertiary/aromatic N) is 2. The molecule has 0 unspecified atom stereocenters. The Hall–Kier alpha value is -2.40. The molecule has 5 nitrogen and oxygen atoms in total. The van der Waals surface area contributed by atoms with Gasteiger partial charge in [0, 0.05) is 36.1 Å². The molecule has 0 saturated heterocycles. The molecule has 0 bridgehead atoms. The van der Waals surface area contributed by atoms with Crippen molar-refractivity contribution in [2.45, 2.75) is 20.5 Å². The van der Waals surface area contributed by atoms with Crippen LogP contribution >= 0.6 is 0 Å². The van der Waals surface area contributed by atoms with Crippen molar-refractivity contribution in [2.24, 2.45) is 0 Å². The summed E-state index contributed by atoms with van der Waals surface area (Å²) in [5, 5.41) is 20.3. The summed E-state index contributed by atoms with van der Waals surface area (Å²) in [5.74, 6) is 0. The van der Waals surface area contributed by atoms with Crippen molar-refractivity contribution in [1.82, 2.24) is 0 Å². The molecule has 0 aliphatic rings. The first-order chi connectivity index (χ1) is 9.92. The molecule has 0 fully saturated rings. The first-order valence-corrected chi connectivity index (χ1v) is 6.62. The maximum atomic E-state index is 10.8. The third kappa shape index (κ3) is 3.20. The van der Waals surface area contributed by atoms with Crippen molar-refractivity contribution < 1.29 is 10.0 Å². The van der Waals surface area contributed by atoms with Gasteiger partial charge in [-0.05, 0) is 43.2 Å². The molecule has 0 heterocycles. The minimum Gasteiger partial charge on any atom is -0.392 e. The van der Waals surface area contributed by atoms with Crippen LogP contribution in [0, 0.1) is 24.0 Å². The lowest BCUT2D eigenvalue weighted by Crippen LogP contribution is -2.12. The largest absolute Gasteiger partial charge is 0.392 e. The van der Waals surface area contributed by atoms with Crippen LogP contribution in [0.25, 0.3) is 0 Å². The van der Waals surface area contributed by atoms with Crippen LogP contribution in [-0.4, -0.2) is 17.1 Å². The number of rotatable bonds is 4. The maximum Gasteiger partial charge on any atom is 0.269 e. The van der Waals surface area contributed by atoms with E-state index >= 15 is 0 Å². The molecule has 1 N–H and O–H groups in total. The zero-order valence-electron chi connectivity index (χ0n) is 12.3. The average molecular weight is 286 g/mol. The van der Waals surface area contributed by atoms with Gasteiger partial charge in [-0.1, -0.05) is 6.07 Å². The normalized spacial score (nSPS) is 10.5. The molecule has 110 valence electrons. The van der Waals surface area contributed by atoms with Crippen LogP contribution in [0.3, 0.4) is 0 Å². The fraction of sp³-hybridized carbons (Fsp3) is 0.250. The van der Waals surface area contributed by atoms with E-state index in [2.05, 4.69) is 6.07 Å². The lowest BCUT2D eigenvalue weighted by Gasteiger charge is -2.23. The average Bonchev–Trinajstić information content (AvgIpc) is 2.44. The number of hydrogen-bond acceptors (Lipinski definition) is 4. The highest BCUT2D eigenvalue weighted by molar-refractivity contribution is 5.68. The van der Waals surface area contributed by atoms with Crippen molar-refractivity contribution in [3.63, 3.8) is 0 Å². The summed E-state index contributed by atoms with van der Waals surface area (Å²) in [6.07, 6.45) is 0. The van der Waals surface area contributed by atoms with Gasteiger partial charge in [0.1, 0.15) is 0 Å². The topological polar surface area (TPSA) is 66.6 Å². The van der Waals surface area contributed by atoms with E-state index in [1.54, 1.807) is 6.07 Å². The lowest BCUT2D eigenvalue weighted by molar-refractivity contribution is -0.384. The Morgan fingerprint density at radius 2 is 1.76 bits per heavy atom. The molecule has 0 aliphatic heterocycles. The molecule has 2 rings (SSSR count). The fourth-order valence-electron chi connectivity index (χ4n) is 2.42. The minimum atomic E-state index is -0.459. The highest BCUT2D eigenvalue weighted by atomic mass is 16.6. The van der Waals surface area contributed by atoms with Crippen LogP contribution in [0.1, 0.15) is 16.7 Å². The highest BCUT2D eigenvalue weighted by Crippen LogP contribution is 2.31. The number of non-ortho nitro benzene ring substituents is 1. The van der Waals surface area contributed by atoms with E-state index in [1.807, 2.05) is 37.9 Å². The molecule has 21 heavy (non-hydrogen) atoms. The minimum absolute atomic E-state index is 0.0170. The van der Waals surface area contributed by atoms with Gasteiger partial charge >= 0.3 is 0 Å². The maximum absolute atomic E-state index is 10.8. The predicted octanol–water partition coefficient (Wildman–Crippen LogP) is 3.47. The molecule has 2 aromatic rings. The number of anilines is 2. The quantitative estimate of drug-likeness (QED) is 0.690. The van der Waals surface area contributed by atoms with Crippen LogP contribution in [0.2, 0.25) is 0 Å². The second-order valence-electron chi connectivity index (χ2n) is 5.13. The van der Waals surface area contributed by atoms with Gasteiger partial charge in [-0.3, -0.25) is 10.1 Å².